The molecular weight excluding hydrogens is 285 g/mol. The van der Waals surface area contributed by atoms with Gasteiger partial charge in [-0.05, 0) is 24.0 Å². The topological polar surface area (TPSA) is 29.0 Å². The average molecular weight is 298 g/mol. The molecule has 0 fully saturated rings. The Morgan fingerprint density at radius 3 is 2.58 bits per heavy atom. The highest BCUT2D eigenvalue weighted by Crippen LogP contribution is 2.20. The van der Waals surface area contributed by atoms with E-state index >= 15 is 0 Å². The van der Waals surface area contributed by atoms with Crippen LogP contribution in [0.5, 0.6) is 0 Å². The minimum Gasteiger partial charge on any atom is -0.355 e. The second kappa shape index (κ2) is 6.21. The van der Waals surface area contributed by atoms with Crippen LogP contribution in [0.2, 0.25) is 5.15 Å². The van der Waals surface area contributed by atoms with Crippen molar-refractivity contribution in [3.63, 3.8) is 0 Å². The first-order chi connectivity index (χ1) is 9.08. The zero-order chi connectivity index (χ0) is 13.8. The average Bonchev–Trinajstić information content (AvgIpc) is 2.40. The number of benzene rings is 1. The Kier molecular flexibility index (Phi) is 4.61. The lowest BCUT2D eigenvalue weighted by Gasteiger charge is -2.18. The van der Waals surface area contributed by atoms with Crippen molar-refractivity contribution >= 4 is 29.2 Å². The third-order valence-electron chi connectivity index (χ3n) is 2.57. The van der Waals surface area contributed by atoms with E-state index < -0.39 is 0 Å². The quantitative estimate of drug-likeness (QED) is 0.489. The molecule has 0 N–H and O–H groups in total. The Morgan fingerprint density at radius 1 is 1.26 bits per heavy atom. The summed E-state index contributed by atoms with van der Waals surface area (Å²) >= 11 is 7.40. The summed E-state index contributed by atoms with van der Waals surface area (Å²) in [5.41, 5.74) is 1.00. The van der Waals surface area contributed by atoms with E-state index in [1.165, 1.54) is 23.9 Å². The standard InChI is InChI=1S/C13H13ClFN3S/c1-18(8-9-3-5-10(15)6-4-9)12-7-11(14)16-13(17-12)19-2/h3-7H,8H2,1-2H3. The monoisotopic (exact) mass is 297 g/mol. The first-order valence-corrected chi connectivity index (χ1v) is 7.23. The molecule has 0 atom stereocenters. The first kappa shape index (κ1) is 14.1. The smallest absolute Gasteiger partial charge is 0.190 e. The Hall–Kier alpha value is -1.33. The highest BCUT2D eigenvalue weighted by Gasteiger charge is 2.08. The lowest BCUT2D eigenvalue weighted by atomic mass is 10.2. The fourth-order valence-electron chi connectivity index (χ4n) is 1.62. The molecule has 3 nitrogen and oxygen atoms in total. The number of aromatic nitrogens is 2. The van der Waals surface area contributed by atoms with Gasteiger partial charge in [0, 0.05) is 19.7 Å². The van der Waals surface area contributed by atoms with Gasteiger partial charge in [-0.2, -0.15) is 0 Å². The number of anilines is 1. The van der Waals surface area contributed by atoms with Crippen molar-refractivity contribution in [2.45, 2.75) is 11.7 Å². The van der Waals surface area contributed by atoms with Gasteiger partial charge in [0.15, 0.2) is 5.16 Å². The van der Waals surface area contributed by atoms with Crippen LogP contribution in [0.4, 0.5) is 10.2 Å². The second-order valence-electron chi connectivity index (χ2n) is 4.02. The molecule has 1 aromatic heterocycles. The maximum Gasteiger partial charge on any atom is 0.190 e. The SMILES string of the molecule is CSc1nc(Cl)cc(N(C)Cc2ccc(F)cc2)n1. The summed E-state index contributed by atoms with van der Waals surface area (Å²) in [7, 11) is 1.91. The van der Waals surface area contributed by atoms with Crippen LogP contribution in [0.3, 0.4) is 0 Å². The largest absolute Gasteiger partial charge is 0.355 e. The third-order valence-corrected chi connectivity index (χ3v) is 3.31. The highest BCUT2D eigenvalue weighted by molar-refractivity contribution is 7.98. The summed E-state index contributed by atoms with van der Waals surface area (Å²) in [5.74, 6) is 0.509. The molecule has 0 bridgehead atoms. The lowest BCUT2D eigenvalue weighted by molar-refractivity contribution is 0.627. The normalized spacial score (nSPS) is 10.5. The van der Waals surface area contributed by atoms with Crippen molar-refractivity contribution in [1.29, 1.82) is 0 Å². The maximum atomic E-state index is 12.8. The van der Waals surface area contributed by atoms with E-state index in [0.29, 0.717) is 16.9 Å². The number of hydrogen-bond acceptors (Lipinski definition) is 4. The Bertz CT molecular complexity index is 562. The van der Waals surface area contributed by atoms with Crippen LogP contribution in [0.1, 0.15) is 5.56 Å². The van der Waals surface area contributed by atoms with Gasteiger partial charge in [0.05, 0.1) is 0 Å². The van der Waals surface area contributed by atoms with E-state index in [1.54, 1.807) is 18.2 Å². The zero-order valence-electron chi connectivity index (χ0n) is 10.6. The van der Waals surface area contributed by atoms with Crippen molar-refractivity contribution in [2.24, 2.45) is 0 Å². The van der Waals surface area contributed by atoms with Crippen LogP contribution in [-0.2, 0) is 6.54 Å². The molecule has 1 heterocycles. The molecule has 0 aliphatic heterocycles. The fraction of sp³-hybridized carbons (Fsp3) is 0.231. The molecule has 0 spiro atoms. The number of halogens is 2. The summed E-state index contributed by atoms with van der Waals surface area (Å²) < 4.78 is 12.8. The minimum atomic E-state index is -0.235. The van der Waals surface area contributed by atoms with Gasteiger partial charge in [-0.15, -0.1) is 0 Å². The van der Waals surface area contributed by atoms with E-state index in [0.717, 1.165) is 11.4 Å². The van der Waals surface area contributed by atoms with Gasteiger partial charge in [0.2, 0.25) is 0 Å². The second-order valence-corrected chi connectivity index (χ2v) is 5.18. The van der Waals surface area contributed by atoms with E-state index in [2.05, 4.69) is 9.97 Å². The van der Waals surface area contributed by atoms with Gasteiger partial charge in [-0.3, -0.25) is 0 Å². The molecule has 1 aromatic carbocycles. The van der Waals surface area contributed by atoms with Crippen molar-refractivity contribution in [1.82, 2.24) is 9.97 Å². The fourth-order valence-corrected chi connectivity index (χ4v) is 2.22. The van der Waals surface area contributed by atoms with E-state index in [1.807, 2.05) is 18.2 Å². The molecule has 0 saturated heterocycles. The van der Waals surface area contributed by atoms with Crippen LogP contribution in [0.25, 0.3) is 0 Å². The molecule has 100 valence electrons. The molecular formula is C13H13ClFN3S. The Balaban J connectivity index is 2.17. The molecule has 0 aliphatic rings. The molecule has 0 radical (unpaired) electrons. The first-order valence-electron chi connectivity index (χ1n) is 5.62. The Morgan fingerprint density at radius 2 is 1.95 bits per heavy atom. The van der Waals surface area contributed by atoms with Crippen LogP contribution >= 0.6 is 23.4 Å². The van der Waals surface area contributed by atoms with Gasteiger partial charge in [0.1, 0.15) is 16.8 Å². The molecule has 2 rings (SSSR count). The number of thioether (sulfide) groups is 1. The molecule has 0 unspecified atom stereocenters. The van der Waals surface area contributed by atoms with Crippen molar-refractivity contribution in [2.75, 3.05) is 18.2 Å². The summed E-state index contributed by atoms with van der Waals surface area (Å²) in [6, 6.07) is 8.12. The predicted octanol–water partition coefficient (Wildman–Crippen LogP) is 3.63. The maximum absolute atomic E-state index is 12.8. The molecule has 6 heteroatoms. The molecule has 19 heavy (non-hydrogen) atoms. The van der Waals surface area contributed by atoms with E-state index in [-0.39, 0.29) is 5.82 Å². The van der Waals surface area contributed by atoms with Crippen molar-refractivity contribution < 1.29 is 4.39 Å². The minimum absolute atomic E-state index is 0.235. The highest BCUT2D eigenvalue weighted by atomic mass is 35.5. The summed E-state index contributed by atoms with van der Waals surface area (Å²) in [4.78, 5) is 10.4. The lowest BCUT2D eigenvalue weighted by Crippen LogP contribution is -2.18. The number of hydrogen-bond donors (Lipinski definition) is 0. The van der Waals surface area contributed by atoms with Gasteiger partial charge in [-0.25, -0.2) is 14.4 Å². The van der Waals surface area contributed by atoms with Crippen LogP contribution in [-0.4, -0.2) is 23.3 Å². The molecule has 0 aliphatic carbocycles. The van der Waals surface area contributed by atoms with Gasteiger partial charge >= 0.3 is 0 Å². The number of rotatable bonds is 4. The molecule has 2 aromatic rings. The van der Waals surface area contributed by atoms with E-state index in [9.17, 15) is 4.39 Å². The summed E-state index contributed by atoms with van der Waals surface area (Å²) in [6.45, 7) is 0.626. The van der Waals surface area contributed by atoms with Crippen LogP contribution < -0.4 is 4.90 Å². The van der Waals surface area contributed by atoms with Gasteiger partial charge < -0.3 is 4.90 Å². The van der Waals surface area contributed by atoms with Crippen LogP contribution in [0.15, 0.2) is 35.5 Å². The summed E-state index contributed by atoms with van der Waals surface area (Å²) in [6.07, 6.45) is 1.90. The number of nitrogens with zero attached hydrogens (tertiary/aromatic N) is 3. The van der Waals surface area contributed by atoms with Crippen LogP contribution in [0, 0.1) is 5.82 Å². The zero-order valence-corrected chi connectivity index (χ0v) is 12.2. The van der Waals surface area contributed by atoms with Gasteiger partial charge in [-0.1, -0.05) is 35.5 Å². The summed E-state index contributed by atoms with van der Waals surface area (Å²) in [5, 5.41) is 1.05. The predicted molar refractivity (Wildman–Crippen MR) is 77.3 cm³/mol. The molecule has 0 saturated carbocycles. The third kappa shape index (κ3) is 3.81. The van der Waals surface area contributed by atoms with E-state index in [4.69, 9.17) is 11.6 Å². The van der Waals surface area contributed by atoms with Crippen molar-refractivity contribution in [3.05, 3.63) is 46.9 Å². The van der Waals surface area contributed by atoms with Crippen molar-refractivity contribution in [3.8, 4) is 0 Å². The molecule has 0 amide bonds. The Labute approximate surface area is 120 Å². The van der Waals surface area contributed by atoms with Gasteiger partial charge in [0.25, 0.3) is 0 Å².